The highest BCUT2D eigenvalue weighted by molar-refractivity contribution is 6.33. The Bertz CT molecular complexity index is 421. The molecule has 0 fully saturated rings. The fourth-order valence-electron chi connectivity index (χ4n) is 2.29. The van der Waals surface area contributed by atoms with E-state index in [4.69, 9.17) is 11.6 Å². The number of nitro benzene ring substituents is 1. The Morgan fingerprint density at radius 2 is 1.75 bits per heavy atom. The number of halogens is 1. The number of hydrogen-bond donors (Lipinski definition) is 0. The topological polar surface area (TPSA) is 43.1 Å². The molecule has 0 bridgehead atoms. The van der Waals surface area contributed by atoms with Gasteiger partial charge in [0.2, 0.25) is 0 Å². The zero-order chi connectivity index (χ0) is 14.8. The first kappa shape index (κ1) is 17.0. The molecule has 0 N–H and O–H groups in total. The summed E-state index contributed by atoms with van der Waals surface area (Å²) >= 11 is 6.03. The first-order chi connectivity index (χ1) is 9.66. The molecule has 0 aliphatic rings. The molecule has 0 heterocycles. The quantitative estimate of drug-likeness (QED) is 0.314. The summed E-state index contributed by atoms with van der Waals surface area (Å²) in [5.74, 6) is 0. The number of hydrogen-bond acceptors (Lipinski definition) is 2. The maximum absolute atomic E-state index is 10.8. The third-order valence-corrected chi connectivity index (χ3v) is 3.90. The van der Waals surface area contributed by atoms with E-state index >= 15 is 0 Å². The van der Waals surface area contributed by atoms with Gasteiger partial charge in [0.25, 0.3) is 5.69 Å². The molecule has 0 aliphatic heterocycles. The van der Waals surface area contributed by atoms with Crippen LogP contribution in [0.25, 0.3) is 0 Å². The second kappa shape index (κ2) is 9.76. The molecule has 0 spiro atoms. The van der Waals surface area contributed by atoms with E-state index in [-0.39, 0.29) is 10.7 Å². The highest BCUT2D eigenvalue weighted by Crippen LogP contribution is 2.28. The van der Waals surface area contributed by atoms with E-state index in [1.54, 1.807) is 6.07 Å². The molecule has 1 radical (unpaired) electrons. The van der Waals surface area contributed by atoms with Crippen LogP contribution in [0.4, 0.5) is 5.69 Å². The van der Waals surface area contributed by atoms with Crippen LogP contribution in [0.3, 0.4) is 0 Å². The third-order valence-electron chi connectivity index (χ3n) is 3.48. The minimum Gasteiger partial charge on any atom is -0.258 e. The van der Waals surface area contributed by atoms with Crippen LogP contribution in [0.1, 0.15) is 63.9 Å². The molecule has 0 saturated carbocycles. The van der Waals surface area contributed by atoms with Crippen molar-refractivity contribution < 1.29 is 4.92 Å². The fourth-order valence-corrected chi connectivity index (χ4v) is 2.57. The Balaban J connectivity index is 2.25. The van der Waals surface area contributed by atoms with Gasteiger partial charge in [-0.15, -0.1) is 0 Å². The van der Waals surface area contributed by atoms with Crippen molar-refractivity contribution in [1.29, 1.82) is 0 Å². The van der Waals surface area contributed by atoms with E-state index in [9.17, 15) is 10.1 Å². The summed E-state index contributed by atoms with van der Waals surface area (Å²) < 4.78 is 0. The molecular formula is C16H23ClNO2. The zero-order valence-electron chi connectivity index (χ0n) is 12.2. The Morgan fingerprint density at radius 1 is 1.15 bits per heavy atom. The van der Waals surface area contributed by atoms with Crippen molar-refractivity contribution in [3.8, 4) is 0 Å². The van der Waals surface area contributed by atoms with Crippen LogP contribution in [0.15, 0.2) is 12.1 Å². The van der Waals surface area contributed by atoms with Gasteiger partial charge in [0.1, 0.15) is 5.02 Å². The molecular weight excluding hydrogens is 274 g/mol. The minimum absolute atomic E-state index is 0.108. The summed E-state index contributed by atoms with van der Waals surface area (Å²) in [5, 5.41) is 11.0. The maximum atomic E-state index is 10.8. The number of nitrogens with zero attached hydrogens (tertiary/aromatic N) is 1. The Morgan fingerprint density at radius 3 is 2.35 bits per heavy atom. The molecule has 4 heteroatoms. The molecule has 0 aliphatic carbocycles. The van der Waals surface area contributed by atoms with Crippen LogP contribution in [-0.4, -0.2) is 4.92 Å². The lowest BCUT2D eigenvalue weighted by atomic mass is 10.0. The average molecular weight is 297 g/mol. The Labute approximate surface area is 126 Å². The van der Waals surface area contributed by atoms with Crippen molar-refractivity contribution in [3.05, 3.63) is 38.9 Å². The smallest absolute Gasteiger partial charge is 0.258 e. The van der Waals surface area contributed by atoms with E-state index in [0.29, 0.717) is 0 Å². The van der Waals surface area contributed by atoms with E-state index in [1.165, 1.54) is 38.5 Å². The number of benzene rings is 1. The van der Waals surface area contributed by atoms with Crippen molar-refractivity contribution in [1.82, 2.24) is 0 Å². The first-order valence-electron chi connectivity index (χ1n) is 7.50. The van der Waals surface area contributed by atoms with E-state index in [0.717, 1.165) is 24.8 Å². The van der Waals surface area contributed by atoms with Gasteiger partial charge in [-0.1, -0.05) is 69.5 Å². The second-order valence-corrected chi connectivity index (χ2v) is 5.53. The Hall–Kier alpha value is -1.09. The van der Waals surface area contributed by atoms with Crippen molar-refractivity contribution in [2.24, 2.45) is 0 Å². The van der Waals surface area contributed by atoms with Crippen LogP contribution in [0.5, 0.6) is 0 Å². The summed E-state index contributed by atoms with van der Waals surface area (Å²) in [6.45, 7) is 2.22. The molecule has 0 unspecified atom stereocenters. The van der Waals surface area contributed by atoms with Gasteiger partial charge in [-0.2, -0.15) is 0 Å². The number of aryl methyl sites for hydroxylation is 1. The molecule has 0 saturated heterocycles. The van der Waals surface area contributed by atoms with Gasteiger partial charge in [0.05, 0.1) is 11.0 Å². The summed E-state index contributed by atoms with van der Waals surface area (Å²) in [5.41, 5.74) is 0.756. The predicted molar refractivity (Wildman–Crippen MR) is 83.3 cm³/mol. The standard InChI is InChI=1S/C16H23ClNO2/c1-2-3-4-5-6-7-8-9-11-14-12-10-13-15(16(14)17)18(19)20/h10,12H,2-9,11H2,1H3. The average Bonchev–Trinajstić information content (AvgIpc) is 2.43. The normalized spacial score (nSPS) is 10.7. The largest absolute Gasteiger partial charge is 0.296 e. The zero-order valence-corrected chi connectivity index (χ0v) is 12.9. The highest BCUT2D eigenvalue weighted by atomic mass is 35.5. The third kappa shape index (κ3) is 5.91. The van der Waals surface area contributed by atoms with Crippen LogP contribution < -0.4 is 0 Å². The fraction of sp³-hybridized carbons (Fsp3) is 0.625. The summed E-state index contributed by atoms with van der Waals surface area (Å²) in [6, 6.07) is 5.99. The lowest BCUT2D eigenvalue weighted by Gasteiger charge is -2.05. The van der Waals surface area contributed by atoms with Crippen molar-refractivity contribution in [2.75, 3.05) is 0 Å². The van der Waals surface area contributed by atoms with Gasteiger partial charge in [-0.05, 0) is 24.5 Å². The summed E-state index contributed by atoms with van der Waals surface area (Å²) in [7, 11) is 0. The molecule has 0 amide bonds. The molecule has 1 rings (SSSR count). The molecule has 0 atom stereocenters. The van der Waals surface area contributed by atoms with Crippen molar-refractivity contribution in [3.63, 3.8) is 0 Å². The second-order valence-electron chi connectivity index (χ2n) is 5.15. The lowest BCUT2D eigenvalue weighted by Crippen LogP contribution is -1.94. The van der Waals surface area contributed by atoms with Crippen LogP contribution in [0.2, 0.25) is 5.02 Å². The number of unbranched alkanes of at least 4 members (excludes halogenated alkanes) is 7. The SMILES string of the molecule is CCCCCCCCCCc1cc[c]c([N+](=O)[O-])c1Cl. The summed E-state index contributed by atoms with van der Waals surface area (Å²) in [4.78, 5) is 10.3. The van der Waals surface area contributed by atoms with Gasteiger partial charge >= 0.3 is 0 Å². The number of rotatable bonds is 10. The van der Waals surface area contributed by atoms with Crippen LogP contribution >= 0.6 is 11.6 Å². The molecule has 3 nitrogen and oxygen atoms in total. The molecule has 1 aromatic carbocycles. The van der Waals surface area contributed by atoms with Gasteiger partial charge in [-0.3, -0.25) is 10.1 Å². The molecule has 111 valence electrons. The first-order valence-corrected chi connectivity index (χ1v) is 7.88. The molecule has 20 heavy (non-hydrogen) atoms. The number of nitro groups is 1. The van der Waals surface area contributed by atoms with Crippen molar-refractivity contribution >= 4 is 17.3 Å². The monoisotopic (exact) mass is 296 g/mol. The molecule has 1 aromatic rings. The Kier molecular flexibility index (Phi) is 8.28. The highest BCUT2D eigenvalue weighted by Gasteiger charge is 2.15. The molecule has 0 aromatic heterocycles. The predicted octanol–water partition coefficient (Wildman–Crippen LogP) is 5.73. The van der Waals surface area contributed by atoms with Crippen LogP contribution in [0, 0.1) is 16.2 Å². The minimum atomic E-state index is -0.473. The van der Waals surface area contributed by atoms with Crippen molar-refractivity contribution in [2.45, 2.75) is 64.7 Å². The van der Waals surface area contributed by atoms with E-state index < -0.39 is 4.92 Å². The summed E-state index contributed by atoms with van der Waals surface area (Å²) in [6.07, 6.45) is 10.8. The van der Waals surface area contributed by atoms with Gasteiger partial charge in [0, 0.05) is 0 Å². The van der Waals surface area contributed by atoms with Crippen LogP contribution in [-0.2, 0) is 6.42 Å². The lowest BCUT2D eigenvalue weighted by molar-refractivity contribution is -0.385. The van der Waals surface area contributed by atoms with Gasteiger partial charge in [-0.25, -0.2) is 0 Å². The van der Waals surface area contributed by atoms with Gasteiger partial charge < -0.3 is 0 Å². The van der Waals surface area contributed by atoms with Gasteiger partial charge in [0.15, 0.2) is 0 Å². The maximum Gasteiger partial charge on any atom is 0.296 e. The van der Waals surface area contributed by atoms with E-state index in [2.05, 4.69) is 13.0 Å². The van der Waals surface area contributed by atoms with E-state index in [1.807, 2.05) is 6.07 Å².